The highest BCUT2D eigenvalue weighted by molar-refractivity contribution is 5.84. The molecule has 0 unspecified atom stereocenters. The van der Waals surface area contributed by atoms with Gasteiger partial charge >= 0.3 is 0 Å². The Balaban J connectivity index is 1.60. The van der Waals surface area contributed by atoms with E-state index in [0.717, 1.165) is 16.6 Å². The zero-order chi connectivity index (χ0) is 18.2. The highest BCUT2D eigenvalue weighted by atomic mass is 16.5. The molecule has 1 aliphatic heterocycles. The van der Waals surface area contributed by atoms with Gasteiger partial charge in [-0.15, -0.1) is 5.10 Å². The van der Waals surface area contributed by atoms with Crippen LogP contribution in [0.3, 0.4) is 0 Å². The number of aromatic nitrogens is 4. The van der Waals surface area contributed by atoms with Gasteiger partial charge in [0.1, 0.15) is 6.54 Å². The first kappa shape index (κ1) is 16.0. The second-order valence-corrected chi connectivity index (χ2v) is 6.58. The average molecular weight is 361 g/mol. The molecule has 2 aromatic heterocycles. The second-order valence-electron chi connectivity index (χ2n) is 6.58. The summed E-state index contributed by atoms with van der Waals surface area (Å²) in [4.78, 5) is 19.4. The van der Waals surface area contributed by atoms with Crippen molar-refractivity contribution in [3.05, 3.63) is 54.6 Å². The van der Waals surface area contributed by atoms with Crippen molar-refractivity contribution in [1.82, 2.24) is 24.1 Å². The lowest BCUT2D eigenvalue weighted by Gasteiger charge is -2.27. The van der Waals surface area contributed by atoms with E-state index in [1.807, 2.05) is 68.6 Å². The number of rotatable bonds is 3. The van der Waals surface area contributed by atoms with Crippen LogP contribution < -0.4 is 0 Å². The molecule has 0 bridgehead atoms. The van der Waals surface area contributed by atoms with E-state index in [4.69, 9.17) is 14.8 Å². The van der Waals surface area contributed by atoms with Gasteiger partial charge in [0.2, 0.25) is 11.7 Å². The lowest BCUT2D eigenvalue weighted by atomic mass is 10.2. The summed E-state index contributed by atoms with van der Waals surface area (Å²) in [5.41, 5.74) is 2.85. The first-order chi connectivity index (χ1) is 13.3. The van der Waals surface area contributed by atoms with Crippen LogP contribution in [0.15, 0.2) is 54.6 Å². The van der Waals surface area contributed by atoms with E-state index < -0.39 is 0 Å². The van der Waals surface area contributed by atoms with Crippen molar-refractivity contribution in [3.63, 3.8) is 0 Å². The fraction of sp³-hybridized carbons (Fsp3) is 0.250. The molecule has 0 saturated carbocycles. The third-order valence-corrected chi connectivity index (χ3v) is 4.92. The number of para-hydroxylation sites is 2. The van der Waals surface area contributed by atoms with Crippen molar-refractivity contribution in [2.45, 2.75) is 6.54 Å². The summed E-state index contributed by atoms with van der Waals surface area (Å²) in [6, 6.07) is 17.8. The van der Waals surface area contributed by atoms with Gasteiger partial charge in [-0.05, 0) is 12.1 Å². The molecule has 136 valence electrons. The van der Waals surface area contributed by atoms with Gasteiger partial charge in [-0.2, -0.15) is 9.50 Å². The van der Waals surface area contributed by atoms with Gasteiger partial charge in [0, 0.05) is 18.7 Å². The highest BCUT2D eigenvalue weighted by Gasteiger charge is 2.21. The van der Waals surface area contributed by atoms with E-state index in [1.165, 1.54) is 0 Å². The molecule has 1 aliphatic rings. The van der Waals surface area contributed by atoms with Crippen LogP contribution in [0, 0.1) is 0 Å². The second kappa shape index (κ2) is 6.51. The molecule has 1 saturated heterocycles. The summed E-state index contributed by atoms with van der Waals surface area (Å²) < 4.78 is 9.13. The number of imidazole rings is 1. The Morgan fingerprint density at radius 3 is 2.44 bits per heavy atom. The molecule has 0 N–H and O–H groups in total. The fourth-order valence-electron chi connectivity index (χ4n) is 3.53. The van der Waals surface area contributed by atoms with Crippen LogP contribution in [0.25, 0.3) is 28.2 Å². The van der Waals surface area contributed by atoms with Gasteiger partial charge in [0.15, 0.2) is 5.82 Å². The van der Waals surface area contributed by atoms with Crippen LogP contribution in [0.4, 0.5) is 0 Å². The number of morpholine rings is 1. The van der Waals surface area contributed by atoms with Gasteiger partial charge in [-0.1, -0.05) is 42.5 Å². The Morgan fingerprint density at radius 2 is 1.67 bits per heavy atom. The van der Waals surface area contributed by atoms with Crippen molar-refractivity contribution in [2.75, 3.05) is 26.3 Å². The lowest BCUT2D eigenvalue weighted by Crippen LogP contribution is -2.42. The summed E-state index contributed by atoms with van der Waals surface area (Å²) in [7, 11) is 0. The number of hydrogen-bond acceptors (Lipinski definition) is 4. The van der Waals surface area contributed by atoms with Gasteiger partial charge in [-0.3, -0.25) is 9.36 Å². The smallest absolute Gasteiger partial charge is 0.242 e. The molecule has 0 atom stereocenters. The molecule has 0 aliphatic carbocycles. The molecule has 3 heterocycles. The maximum absolute atomic E-state index is 12.8. The van der Waals surface area contributed by atoms with Crippen LogP contribution in [0.1, 0.15) is 0 Å². The molecule has 27 heavy (non-hydrogen) atoms. The summed E-state index contributed by atoms with van der Waals surface area (Å²) >= 11 is 0. The van der Waals surface area contributed by atoms with Crippen molar-refractivity contribution >= 4 is 22.7 Å². The number of hydrogen-bond donors (Lipinski definition) is 0. The predicted molar refractivity (Wildman–Crippen MR) is 101 cm³/mol. The quantitative estimate of drug-likeness (QED) is 0.561. The monoisotopic (exact) mass is 361 g/mol. The number of benzene rings is 2. The fourth-order valence-corrected chi connectivity index (χ4v) is 3.53. The minimum absolute atomic E-state index is 0.0748. The topological polar surface area (TPSA) is 64.7 Å². The van der Waals surface area contributed by atoms with Gasteiger partial charge in [0.05, 0.1) is 24.2 Å². The normalized spacial score (nSPS) is 14.9. The molecular weight excluding hydrogens is 342 g/mol. The number of ether oxygens (including phenoxy) is 1. The first-order valence-electron chi connectivity index (χ1n) is 9.06. The molecule has 5 rings (SSSR count). The number of amides is 1. The van der Waals surface area contributed by atoms with Crippen LogP contribution in [0.5, 0.6) is 0 Å². The molecule has 1 fully saturated rings. The van der Waals surface area contributed by atoms with Gasteiger partial charge in [-0.25, -0.2) is 0 Å². The summed E-state index contributed by atoms with van der Waals surface area (Å²) in [5, 5.41) is 4.69. The predicted octanol–water partition coefficient (Wildman–Crippen LogP) is 2.21. The van der Waals surface area contributed by atoms with E-state index in [9.17, 15) is 4.79 Å². The third kappa shape index (κ3) is 2.76. The number of fused-ring (bicyclic) bond motifs is 3. The van der Waals surface area contributed by atoms with Crippen LogP contribution in [-0.2, 0) is 16.1 Å². The Morgan fingerprint density at radius 1 is 0.963 bits per heavy atom. The van der Waals surface area contributed by atoms with Crippen LogP contribution >= 0.6 is 0 Å². The number of nitrogens with zero attached hydrogens (tertiary/aromatic N) is 5. The number of carbonyl (C=O) groups is 1. The zero-order valence-electron chi connectivity index (χ0n) is 14.8. The molecule has 0 radical (unpaired) electrons. The molecular formula is C20H19N5O2. The summed E-state index contributed by atoms with van der Waals surface area (Å²) in [6.07, 6.45) is 0. The summed E-state index contributed by atoms with van der Waals surface area (Å²) in [6.45, 7) is 2.70. The first-order valence-corrected chi connectivity index (χ1v) is 9.06. The van der Waals surface area contributed by atoms with Gasteiger partial charge < -0.3 is 9.64 Å². The zero-order valence-corrected chi connectivity index (χ0v) is 14.8. The van der Waals surface area contributed by atoms with Crippen molar-refractivity contribution in [1.29, 1.82) is 0 Å². The van der Waals surface area contributed by atoms with E-state index >= 15 is 0 Å². The van der Waals surface area contributed by atoms with E-state index in [2.05, 4.69) is 0 Å². The molecule has 1 amide bonds. The average Bonchev–Trinajstić information content (AvgIpc) is 3.28. The molecule has 0 spiro atoms. The maximum atomic E-state index is 12.8. The van der Waals surface area contributed by atoms with Gasteiger partial charge in [0.25, 0.3) is 0 Å². The Bertz CT molecular complexity index is 1110. The number of carbonyl (C=O) groups excluding carboxylic acids is 1. The van der Waals surface area contributed by atoms with Crippen molar-refractivity contribution in [3.8, 4) is 11.4 Å². The summed E-state index contributed by atoms with van der Waals surface area (Å²) in [5.74, 6) is 1.41. The minimum atomic E-state index is 0.0748. The van der Waals surface area contributed by atoms with Crippen LogP contribution in [-0.4, -0.2) is 56.3 Å². The van der Waals surface area contributed by atoms with E-state index in [1.54, 1.807) is 0 Å². The standard InChI is InChI=1S/C20H19N5O2/c26-18(23-10-12-27-13-11-23)14-24-16-8-4-5-9-17(16)25-20(24)21-19(22-25)15-6-2-1-3-7-15/h1-9H,10-14H2. The Hall–Kier alpha value is -3.19. The molecule has 4 aromatic rings. The Labute approximate surface area is 155 Å². The molecule has 7 nitrogen and oxygen atoms in total. The maximum Gasteiger partial charge on any atom is 0.242 e. The largest absolute Gasteiger partial charge is 0.378 e. The third-order valence-electron chi connectivity index (χ3n) is 4.92. The lowest BCUT2D eigenvalue weighted by molar-refractivity contribution is -0.135. The van der Waals surface area contributed by atoms with E-state index in [0.29, 0.717) is 37.9 Å². The minimum Gasteiger partial charge on any atom is -0.378 e. The SMILES string of the molecule is O=C(Cn1c2ccccc2n2nc(-c3ccccc3)nc12)N1CCOCC1. The highest BCUT2D eigenvalue weighted by Crippen LogP contribution is 2.23. The van der Waals surface area contributed by atoms with Crippen molar-refractivity contribution in [2.24, 2.45) is 0 Å². The van der Waals surface area contributed by atoms with E-state index in [-0.39, 0.29) is 12.5 Å². The van der Waals surface area contributed by atoms with Crippen molar-refractivity contribution < 1.29 is 9.53 Å². The molecule has 2 aromatic carbocycles. The Kier molecular flexibility index (Phi) is 3.86. The molecule has 7 heteroatoms. The van der Waals surface area contributed by atoms with Crippen LogP contribution in [0.2, 0.25) is 0 Å².